The molecule has 0 amide bonds. The third-order valence-electron chi connectivity index (χ3n) is 4.41. The van der Waals surface area contributed by atoms with Crippen molar-refractivity contribution in [3.63, 3.8) is 0 Å². The van der Waals surface area contributed by atoms with Crippen LogP contribution in [0.5, 0.6) is 5.75 Å². The molecule has 3 nitrogen and oxygen atoms in total. The minimum absolute atomic E-state index is 0.458. The van der Waals surface area contributed by atoms with Gasteiger partial charge in [-0.2, -0.15) is 0 Å². The van der Waals surface area contributed by atoms with E-state index in [4.69, 9.17) is 4.74 Å². The predicted molar refractivity (Wildman–Crippen MR) is 77.7 cm³/mol. The predicted octanol–water partition coefficient (Wildman–Crippen LogP) is 2.27. The van der Waals surface area contributed by atoms with Crippen molar-refractivity contribution in [1.82, 2.24) is 10.6 Å². The van der Waals surface area contributed by atoms with Gasteiger partial charge in [-0.3, -0.25) is 0 Å². The molecule has 1 saturated heterocycles. The SMILES string of the molecule is CNC(c1ccc2c(c1)CCCO2)C1CCCNC1. The minimum Gasteiger partial charge on any atom is -0.493 e. The van der Waals surface area contributed by atoms with Crippen LogP contribution in [0.2, 0.25) is 0 Å². The fourth-order valence-corrected chi connectivity index (χ4v) is 3.41. The van der Waals surface area contributed by atoms with Crippen molar-refractivity contribution in [1.29, 1.82) is 0 Å². The van der Waals surface area contributed by atoms with Crippen LogP contribution in [0.4, 0.5) is 0 Å². The fraction of sp³-hybridized carbons (Fsp3) is 0.625. The van der Waals surface area contributed by atoms with Crippen LogP contribution >= 0.6 is 0 Å². The van der Waals surface area contributed by atoms with Crippen LogP contribution in [0.3, 0.4) is 0 Å². The molecule has 3 heteroatoms. The summed E-state index contributed by atoms with van der Waals surface area (Å²) in [6.45, 7) is 3.17. The van der Waals surface area contributed by atoms with Crippen LogP contribution in [0.25, 0.3) is 0 Å². The van der Waals surface area contributed by atoms with Gasteiger partial charge in [-0.15, -0.1) is 0 Å². The Morgan fingerprint density at radius 3 is 3.11 bits per heavy atom. The largest absolute Gasteiger partial charge is 0.493 e. The zero-order valence-electron chi connectivity index (χ0n) is 11.7. The van der Waals surface area contributed by atoms with Crippen molar-refractivity contribution in [2.75, 3.05) is 26.7 Å². The lowest BCUT2D eigenvalue weighted by molar-refractivity contribution is 0.285. The van der Waals surface area contributed by atoms with Crippen LogP contribution in [0.1, 0.15) is 36.4 Å². The Balaban J connectivity index is 1.82. The summed E-state index contributed by atoms with van der Waals surface area (Å²) in [7, 11) is 2.08. The summed E-state index contributed by atoms with van der Waals surface area (Å²) in [5.41, 5.74) is 2.80. The zero-order chi connectivity index (χ0) is 13.1. The van der Waals surface area contributed by atoms with E-state index in [-0.39, 0.29) is 0 Å². The third kappa shape index (κ3) is 2.77. The fourth-order valence-electron chi connectivity index (χ4n) is 3.41. The van der Waals surface area contributed by atoms with Crippen molar-refractivity contribution in [2.45, 2.75) is 31.7 Å². The monoisotopic (exact) mass is 260 g/mol. The number of rotatable bonds is 3. The van der Waals surface area contributed by atoms with Gasteiger partial charge in [-0.1, -0.05) is 12.1 Å². The lowest BCUT2D eigenvalue weighted by Crippen LogP contribution is -2.37. The molecule has 0 spiro atoms. The van der Waals surface area contributed by atoms with E-state index in [1.807, 2.05) is 0 Å². The lowest BCUT2D eigenvalue weighted by Gasteiger charge is -2.31. The summed E-state index contributed by atoms with van der Waals surface area (Å²) in [5, 5.41) is 7.03. The number of piperidine rings is 1. The number of ether oxygens (including phenoxy) is 1. The Hall–Kier alpha value is -1.06. The topological polar surface area (TPSA) is 33.3 Å². The molecule has 2 heterocycles. The maximum Gasteiger partial charge on any atom is 0.122 e. The molecule has 1 aromatic carbocycles. The van der Waals surface area contributed by atoms with Gasteiger partial charge in [0.25, 0.3) is 0 Å². The average Bonchev–Trinajstić information content (AvgIpc) is 2.49. The number of aryl methyl sites for hydroxylation is 1. The van der Waals surface area contributed by atoms with Crippen LogP contribution in [0.15, 0.2) is 18.2 Å². The van der Waals surface area contributed by atoms with Crippen molar-refractivity contribution in [3.8, 4) is 5.75 Å². The maximum absolute atomic E-state index is 5.70. The number of nitrogens with one attached hydrogen (secondary N) is 2. The molecule has 2 N–H and O–H groups in total. The molecule has 19 heavy (non-hydrogen) atoms. The maximum atomic E-state index is 5.70. The van der Waals surface area contributed by atoms with Gasteiger partial charge in [0.05, 0.1) is 6.61 Å². The number of hydrogen-bond donors (Lipinski definition) is 2. The van der Waals surface area contributed by atoms with Crippen LogP contribution in [0, 0.1) is 5.92 Å². The molecule has 0 bridgehead atoms. The van der Waals surface area contributed by atoms with Gasteiger partial charge in [0.1, 0.15) is 5.75 Å². The molecular weight excluding hydrogens is 236 g/mol. The Kier molecular flexibility index (Phi) is 4.04. The second kappa shape index (κ2) is 5.93. The highest BCUT2D eigenvalue weighted by atomic mass is 16.5. The van der Waals surface area contributed by atoms with Gasteiger partial charge >= 0.3 is 0 Å². The first kappa shape index (κ1) is 12.9. The van der Waals surface area contributed by atoms with Crippen molar-refractivity contribution in [2.24, 2.45) is 5.92 Å². The molecule has 2 aliphatic heterocycles. The molecule has 2 aliphatic rings. The van der Waals surface area contributed by atoms with Crippen LogP contribution in [-0.2, 0) is 6.42 Å². The van der Waals surface area contributed by atoms with E-state index in [2.05, 4.69) is 35.9 Å². The summed E-state index contributed by atoms with van der Waals surface area (Å²) in [6, 6.07) is 7.20. The lowest BCUT2D eigenvalue weighted by atomic mass is 9.86. The third-order valence-corrected chi connectivity index (χ3v) is 4.41. The molecule has 2 unspecified atom stereocenters. The molecular formula is C16H24N2O. The van der Waals surface area contributed by atoms with Gasteiger partial charge in [0, 0.05) is 6.04 Å². The van der Waals surface area contributed by atoms with E-state index in [0.717, 1.165) is 31.7 Å². The molecule has 2 atom stereocenters. The molecule has 3 rings (SSSR count). The molecule has 1 aromatic rings. The summed E-state index contributed by atoms with van der Waals surface area (Å²) in [6.07, 6.45) is 4.90. The molecule has 0 aliphatic carbocycles. The van der Waals surface area contributed by atoms with E-state index in [1.54, 1.807) is 0 Å². The number of fused-ring (bicyclic) bond motifs is 1. The normalized spacial score (nSPS) is 24.4. The number of hydrogen-bond acceptors (Lipinski definition) is 3. The highest BCUT2D eigenvalue weighted by molar-refractivity contribution is 5.39. The highest BCUT2D eigenvalue weighted by Crippen LogP contribution is 2.32. The average molecular weight is 260 g/mol. The van der Waals surface area contributed by atoms with Crippen molar-refractivity contribution < 1.29 is 4.74 Å². The molecule has 1 fully saturated rings. The van der Waals surface area contributed by atoms with Gasteiger partial charge in [-0.25, -0.2) is 0 Å². The first-order valence-corrected chi connectivity index (χ1v) is 7.52. The molecule has 0 radical (unpaired) electrons. The minimum atomic E-state index is 0.458. The molecule has 104 valence electrons. The van der Waals surface area contributed by atoms with E-state index in [0.29, 0.717) is 12.0 Å². The van der Waals surface area contributed by atoms with Crippen LogP contribution in [-0.4, -0.2) is 26.7 Å². The summed E-state index contributed by atoms with van der Waals surface area (Å²) >= 11 is 0. The van der Waals surface area contributed by atoms with E-state index >= 15 is 0 Å². The summed E-state index contributed by atoms with van der Waals surface area (Å²) < 4.78 is 5.70. The van der Waals surface area contributed by atoms with Crippen LogP contribution < -0.4 is 15.4 Å². The second-order valence-corrected chi connectivity index (χ2v) is 5.69. The Morgan fingerprint density at radius 1 is 1.37 bits per heavy atom. The smallest absolute Gasteiger partial charge is 0.122 e. The second-order valence-electron chi connectivity index (χ2n) is 5.69. The quantitative estimate of drug-likeness (QED) is 0.874. The zero-order valence-corrected chi connectivity index (χ0v) is 11.7. The molecule has 0 saturated carbocycles. The standard InChI is InChI=1S/C16H24N2O/c1-17-16(14-4-2-8-18-11-14)13-6-7-15-12(10-13)5-3-9-19-15/h6-7,10,14,16-18H,2-5,8-9,11H2,1H3. The van der Waals surface area contributed by atoms with Gasteiger partial charge in [-0.05, 0) is 68.9 Å². The Morgan fingerprint density at radius 2 is 2.32 bits per heavy atom. The first-order chi connectivity index (χ1) is 9.38. The van der Waals surface area contributed by atoms with E-state index < -0.39 is 0 Å². The van der Waals surface area contributed by atoms with E-state index in [1.165, 1.54) is 30.5 Å². The van der Waals surface area contributed by atoms with Crippen molar-refractivity contribution >= 4 is 0 Å². The summed E-state index contributed by atoms with van der Waals surface area (Å²) in [4.78, 5) is 0. The number of benzene rings is 1. The van der Waals surface area contributed by atoms with Gasteiger partial charge < -0.3 is 15.4 Å². The van der Waals surface area contributed by atoms with Gasteiger partial charge in [0.15, 0.2) is 0 Å². The first-order valence-electron chi connectivity index (χ1n) is 7.52. The molecule has 0 aromatic heterocycles. The van der Waals surface area contributed by atoms with Crippen molar-refractivity contribution in [3.05, 3.63) is 29.3 Å². The summed E-state index contributed by atoms with van der Waals surface area (Å²) in [5.74, 6) is 1.79. The van der Waals surface area contributed by atoms with E-state index in [9.17, 15) is 0 Å². The Labute approximate surface area is 115 Å². The Bertz CT molecular complexity index is 427. The van der Waals surface area contributed by atoms with Gasteiger partial charge in [0.2, 0.25) is 0 Å². The highest BCUT2D eigenvalue weighted by Gasteiger charge is 2.24.